The smallest absolute Gasteiger partial charge is 0.224 e. The Kier molecular flexibility index (Phi) is 6.81. The zero-order chi connectivity index (χ0) is 13.4. The Morgan fingerprint density at radius 1 is 1.22 bits per heavy atom. The van der Waals surface area contributed by atoms with Crippen molar-refractivity contribution < 1.29 is 4.79 Å². The lowest BCUT2D eigenvalue weighted by Gasteiger charge is -2.08. The standard InChI is InChI=1S/C15H22ClNO/c1-12-6-7-13(2)14(10-12)11-15(18)17-9-5-3-4-8-16/h6-7,10H,3-5,8-9,11H2,1-2H3,(H,17,18). The second-order valence-electron chi connectivity index (χ2n) is 4.71. The fraction of sp³-hybridized carbons (Fsp3) is 0.533. The number of carbonyl (C=O) groups excluding carboxylic acids is 1. The van der Waals surface area contributed by atoms with Gasteiger partial charge in [0.05, 0.1) is 6.42 Å². The van der Waals surface area contributed by atoms with Crippen molar-refractivity contribution in [2.75, 3.05) is 12.4 Å². The molecule has 100 valence electrons. The van der Waals surface area contributed by atoms with Gasteiger partial charge in [-0.2, -0.15) is 0 Å². The predicted octanol–water partition coefficient (Wildman–Crippen LogP) is 3.37. The third kappa shape index (κ3) is 5.54. The van der Waals surface area contributed by atoms with E-state index in [2.05, 4.69) is 23.5 Å². The molecule has 0 saturated carbocycles. The second-order valence-corrected chi connectivity index (χ2v) is 5.08. The molecule has 1 amide bonds. The molecule has 0 aliphatic rings. The topological polar surface area (TPSA) is 29.1 Å². The number of halogens is 1. The van der Waals surface area contributed by atoms with E-state index in [1.807, 2.05) is 13.8 Å². The zero-order valence-electron chi connectivity index (χ0n) is 11.3. The molecule has 0 spiro atoms. The summed E-state index contributed by atoms with van der Waals surface area (Å²) in [5, 5.41) is 2.95. The summed E-state index contributed by atoms with van der Waals surface area (Å²) < 4.78 is 0. The van der Waals surface area contributed by atoms with Gasteiger partial charge in [-0.3, -0.25) is 4.79 Å². The number of unbranched alkanes of at least 4 members (excludes halogenated alkanes) is 2. The van der Waals surface area contributed by atoms with Crippen LogP contribution >= 0.6 is 11.6 Å². The molecule has 0 bridgehead atoms. The van der Waals surface area contributed by atoms with Crippen molar-refractivity contribution in [3.05, 3.63) is 34.9 Å². The normalized spacial score (nSPS) is 10.4. The number of rotatable bonds is 7. The van der Waals surface area contributed by atoms with E-state index < -0.39 is 0 Å². The van der Waals surface area contributed by atoms with E-state index >= 15 is 0 Å². The number of hydrogen-bond donors (Lipinski definition) is 1. The van der Waals surface area contributed by atoms with Crippen molar-refractivity contribution in [1.82, 2.24) is 5.32 Å². The van der Waals surface area contributed by atoms with Gasteiger partial charge in [0, 0.05) is 12.4 Å². The van der Waals surface area contributed by atoms with E-state index in [0.717, 1.165) is 31.4 Å². The van der Waals surface area contributed by atoms with Crippen LogP contribution in [0.1, 0.15) is 36.0 Å². The molecule has 0 aliphatic carbocycles. The summed E-state index contributed by atoms with van der Waals surface area (Å²) in [6, 6.07) is 6.23. The monoisotopic (exact) mass is 267 g/mol. The van der Waals surface area contributed by atoms with Gasteiger partial charge in [-0.15, -0.1) is 11.6 Å². The van der Waals surface area contributed by atoms with Gasteiger partial charge < -0.3 is 5.32 Å². The minimum atomic E-state index is 0.106. The summed E-state index contributed by atoms with van der Waals surface area (Å²) >= 11 is 5.60. The van der Waals surface area contributed by atoms with E-state index in [0.29, 0.717) is 12.3 Å². The largest absolute Gasteiger partial charge is 0.356 e. The Balaban J connectivity index is 2.33. The number of benzene rings is 1. The molecule has 0 aromatic heterocycles. The van der Waals surface area contributed by atoms with Gasteiger partial charge in [0.2, 0.25) is 5.91 Å². The molecule has 1 rings (SSSR count). The average Bonchev–Trinajstić information content (AvgIpc) is 2.33. The lowest BCUT2D eigenvalue weighted by molar-refractivity contribution is -0.120. The maximum Gasteiger partial charge on any atom is 0.224 e. The van der Waals surface area contributed by atoms with Crippen molar-refractivity contribution in [2.24, 2.45) is 0 Å². The number of nitrogens with one attached hydrogen (secondary N) is 1. The Bertz CT molecular complexity index is 390. The van der Waals surface area contributed by atoms with Crippen LogP contribution in [-0.2, 0) is 11.2 Å². The van der Waals surface area contributed by atoms with Crippen LogP contribution < -0.4 is 5.32 Å². The molecule has 0 heterocycles. The number of aryl methyl sites for hydroxylation is 2. The second kappa shape index (κ2) is 8.15. The molecular formula is C15H22ClNO. The molecule has 0 saturated heterocycles. The molecule has 0 radical (unpaired) electrons. The van der Waals surface area contributed by atoms with Gasteiger partial charge >= 0.3 is 0 Å². The Morgan fingerprint density at radius 3 is 2.72 bits per heavy atom. The maximum absolute atomic E-state index is 11.8. The quantitative estimate of drug-likeness (QED) is 0.596. The predicted molar refractivity (Wildman–Crippen MR) is 77.2 cm³/mol. The molecule has 3 heteroatoms. The summed E-state index contributed by atoms with van der Waals surface area (Å²) in [5.74, 6) is 0.811. The van der Waals surface area contributed by atoms with Crippen LogP contribution in [0.2, 0.25) is 0 Å². The van der Waals surface area contributed by atoms with E-state index in [1.165, 1.54) is 11.1 Å². The lowest BCUT2D eigenvalue weighted by Crippen LogP contribution is -2.26. The Morgan fingerprint density at radius 2 is 2.00 bits per heavy atom. The van der Waals surface area contributed by atoms with Crippen molar-refractivity contribution >= 4 is 17.5 Å². The van der Waals surface area contributed by atoms with Crippen LogP contribution in [0.4, 0.5) is 0 Å². The van der Waals surface area contributed by atoms with Crippen LogP contribution in [0.3, 0.4) is 0 Å². The number of amides is 1. The molecule has 0 aliphatic heterocycles. The molecule has 2 nitrogen and oxygen atoms in total. The first-order chi connectivity index (χ1) is 8.63. The van der Waals surface area contributed by atoms with Crippen molar-refractivity contribution in [2.45, 2.75) is 39.5 Å². The van der Waals surface area contributed by atoms with Crippen LogP contribution in [-0.4, -0.2) is 18.3 Å². The van der Waals surface area contributed by atoms with Crippen molar-refractivity contribution in [3.8, 4) is 0 Å². The summed E-state index contributed by atoms with van der Waals surface area (Å²) in [6.07, 6.45) is 3.58. The zero-order valence-corrected chi connectivity index (χ0v) is 12.0. The number of carbonyl (C=O) groups is 1. The summed E-state index contributed by atoms with van der Waals surface area (Å²) in [6.45, 7) is 4.84. The van der Waals surface area contributed by atoms with Gasteiger partial charge in [0.15, 0.2) is 0 Å². The summed E-state index contributed by atoms with van der Waals surface area (Å²) in [4.78, 5) is 11.8. The summed E-state index contributed by atoms with van der Waals surface area (Å²) in [5.41, 5.74) is 3.50. The fourth-order valence-electron chi connectivity index (χ4n) is 1.85. The van der Waals surface area contributed by atoms with Gasteiger partial charge in [-0.1, -0.05) is 30.2 Å². The highest BCUT2D eigenvalue weighted by molar-refractivity contribution is 6.17. The minimum absolute atomic E-state index is 0.106. The van der Waals surface area contributed by atoms with Gasteiger partial charge in [-0.25, -0.2) is 0 Å². The first-order valence-corrected chi connectivity index (χ1v) is 7.05. The van der Waals surface area contributed by atoms with Gasteiger partial charge in [0.1, 0.15) is 0 Å². The van der Waals surface area contributed by atoms with Crippen LogP contribution in [0, 0.1) is 13.8 Å². The molecule has 1 aromatic rings. The van der Waals surface area contributed by atoms with Crippen LogP contribution in [0.5, 0.6) is 0 Å². The number of hydrogen-bond acceptors (Lipinski definition) is 1. The van der Waals surface area contributed by atoms with E-state index in [1.54, 1.807) is 0 Å². The molecule has 0 unspecified atom stereocenters. The summed E-state index contributed by atoms with van der Waals surface area (Å²) in [7, 11) is 0. The molecule has 1 N–H and O–H groups in total. The van der Waals surface area contributed by atoms with E-state index in [4.69, 9.17) is 11.6 Å². The maximum atomic E-state index is 11.8. The molecule has 0 fully saturated rings. The highest BCUT2D eigenvalue weighted by atomic mass is 35.5. The fourth-order valence-corrected chi connectivity index (χ4v) is 2.04. The van der Waals surface area contributed by atoms with Crippen LogP contribution in [0.25, 0.3) is 0 Å². The molecule has 0 atom stereocenters. The minimum Gasteiger partial charge on any atom is -0.356 e. The SMILES string of the molecule is Cc1ccc(C)c(CC(=O)NCCCCCCl)c1. The van der Waals surface area contributed by atoms with Crippen LogP contribution in [0.15, 0.2) is 18.2 Å². The Labute approximate surface area is 115 Å². The molecular weight excluding hydrogens is 246 g/mol. The molecule has 18 heavy (non-hydrogen) atoms. The third-order valence-corrected chi connectivity index (χ3v) is 3.26. The first-order valence-electron chi connectivity index (χ1n) is 6.52. The Hall–Kier alpha value is -1.02. The van der Waals surface area contributed by atoms with Crippen molar-refractivity contribution in [3.63, 3.8) is 0 Å². The van der Waals surface area contributed by atoms with Gasteiger partial charge in [0.25, 0.3) is 0 Å². The number of alkyl halides is 1. The molecule has 1 aromatic carbocycles. The highest BCUT2D eigenvalue weighted by Gasteiger charge is 2.05. The van der Waals surface area contributed by atoms with Crippen molar-refractivity contribution in [1.29, 1.82) is 0 Å². The third-order valence-electron chi connectivity index (χ3n) is 2.99. The average molecular weight is 268 g/mol. The van der Waals surface area contributed by atoms with E-state index in [9.17, 15) is 4.79 Å². The van der Waals surface area contributed by atoms with E-state index in [-0.39, 0.29) is 5.91 Å². The van der Waals surface area contributed by atoms with Gasteiger partial charge in [-0.05, 0) is 37.8 Å². The first kappa shape index (κ1) is 15.0. The highest BCUT2D eigenvalue weighted by Crippen LogP contribution is 2.11. The lowest BCUT2D eigenvalue weighted by atomic mass is 10.0.